The summed E-state index contributed by atoms with van der Waals surface area (Å²) >= 11 is 0. The van der Waals surface area contributed by atoms with Crippen LogP contribution in [0.5, 0.6) is 0 Å². The molecular weight excluding hydrogens is 488 g/mol. The van der Waals surface area contributed by atoms with Crippen molar-refractivity contribution < 1.29 is 28.2 Å². The fourth-order valence-electron chi connectivity index (χ4n) is 5.23. The summed E-state index contributed by atoms with van der Waals surface area (Å²) in [5.41, 5.74) is -0.256. The van der Waals surface area contributed by atoms with Crippen LogP contribution in [0.1, 0.15) is 68.0 Å². The molecule has 11 nitrogen and oxygen atoms in total. The van der Waals surface area contributed by atoms with Gasteiger partial charge in [-0.15, -0.1) is 0 Å². The fraction of sp³-hybridized carbons (Fsp3) is 0.542. The average Bonchev–Trinajstić information content (AvgIpc) is 3.47. The number of hydrogen-bond acceptors (Lipinski definition) is 7. The summed E-state index contributed by atoms with van der Waals surface area (Å²) in [6, 6.07) is 1.47. The molecule has 3 aromatic rings. The Labute approximate surface area is 211 Å². The number of anilines is 2. The van der Waals surface area contributed by atoms with Gasteiger partial charge in [0.15, 0.2) is 11.3 Å². The second kappa shape index (κ2) is 10.0. The molecule has 5 rings (SSSR count). The summed E-state index contributed by atoms with van der Waals surface area (Å²) in [5.74, 6) is -1.43. The molecule has 0 radical (unpaired) electrons. The van der Waals surface area contributed by atoms with Gasteiger partial charge < -0.3 is 20.1 Å². The number of nitrogens with one attached hydrogen (secondary N) is 1. The van der Waals surface area contributed by atoms with Crippen molar-refractivity contribution in [3.8, 4) is 0 Å². The molecule has 2 unspecified atom stereocenters. The van der Waals surface area contributed by atoms with Gasteiger partial charge in [-0.05, 0) is 39.2 Å². The number of carbonyl (C=O) groups is 2. The van der Waals surface area contributed by atoms with Gasteiger partial charge in [0.2, 0.25) is 0 Å². The third kappa shape index (κ3) is 5.13. The van der Waals surface area contributed by atoms with E-state index in [2.05, 4.69) is 25.4 Å². The third-order valence-corrected chi connectivity index (χ3v) is 6.93. The maximum Gasteiger partial charge on any atom is 0.306 e. The number of alkyl halides is 2. The number of rotatable bonds is 6. The van der Waals surface area contributed by atoms with E-state index < -0.39 is 29.9 Å². The van der Waals surface area contributed by atoms with Gasteiger partial charge >= 0.3 is 5.97 Å². The van der Waals surface area contributed by atoms with Crippen molar-refractivity contribution in [1.82, 2.24) is 24.4 Å². The van der Waals surface area contributed by atoms with Crippen LogP contribution in [0.25, 0.3) is 5.65 Å². The zero-order valence-electron chi connectivity index (χ0n) is 20.5. The lowest BCUT2D eigenvalue weighted by molar-refractivity contribution is -0.143. The Bertz CT molecular complexity index is 1300. The Balaban J connectivity index is 1.39. The number of amides is 1. The number of carbonyl (C=O) groups excluding carboxylic acids is 1. The summed E-state index contributed by atoms with van der Waals surface area (Å²) < 4.78 is 36.2. The molecule has 2 aliphatic rings. The molecule has 1 saturated heterocycles. The molecule has 1 saturated carbocycles. The molecule has 0 bridgehead atoms. The van der Waals surface area contributed by atoms with Crippen LogP contribution in [-0.4, -0.2) is 66.7 Å². The molecule has 2 fully saturated rings. The number of hydrogen-bond donors (Lipinski definition) is 2. The number of nitrogens with zero attached hydrogens (tertiary/aromatic N) is 6. The van der Waals surface area contributed by atoms with E-state index in [1.54, 1.807) is 12.3 Å². The van der Waals surface area contributed by atoms with Gasteiger partial charge in [-0.3, -0.25) is 14.3 Å². The summed E-state index contributed by atoms with van der Waals surface area (Å²) in [6.45, 7) is 5.25. The van der Waals surface area contributed by atoms with E-state index in [1.165, 1.54) is 21.6 Å². The van der Waals surface area contributed by atoms with Crippen molar-refractivity contribution in [3.05, 3.63) is 35.9 Å². The first-order chi connectivity index (χ1) is 17.7. The largest absolute Gasteiger partial charge is 0.481 e. The Morgan fingerprint density at radius 1 is 1.22 bits per heavy atom. The van der Waals surface area contributed by atoms with Crippen LogP contribution in [0, 0.1) is 5.92 Å². The second-order valence-electron chi connectivity index (χ2n) is 9.79. The standard InChI is InChI=1S/C24H29F2N7O4/c1-13-10-31(11-14(2)37-13)19-6-7-32-22(29-19)17(9-27-32)23(34)28-18-12-33(30-20(18)21(25)26)16-5-3-4-15(8-16)24(35)36/h6-7,9,12-16,21H,3-5,8,10-11H2,1-2H3,(H,28,34)(H,35,36)/t13-,14+,15?,16?. The van der Waals surface area contributed by atoms with E-state index in [1.807, 2.05) is 13.8 Å². The van der Waals surface area contributed by atoms with Gasteiger partial charge in [0.25, 0.3) is 12.3 Å². The molecule has 2 N–H and O–H groups in total. The Hall–Kier alpha value is -3.61. The zero-order chi connectivity index (χ0) is 26.3. The highest BCUT2D eigenvalue weighted by molar-refractivity contribution is 6.08. The molecule has 1 amide bonds. The first kappa shape index (κ1) is 25.1. The topological polar surface area (TPSA) is 127 Å². The molecule has 1 aliphatic heterocycles. The Morgan fingerprint density at radius 3 is 2.68 bits per heavy atom. The normalized spacial score (nSPS) is 24.5. The van der Waals surface area contributed by atoms with E-state index in [0.29, 0.717) is 50.2 Å². The quantitative estimate of drug-likeness (QED) is 0.508. The minimum atomic E-state index is -2.92. The number of carboxylic acid groups (broad SMARTS) is 1. The van der Waals surface area contributed by atoms with Crippen LogP contribution < -0.4 is 10.2 Å². The van der Waals surface area contributed by atoms with Gasteiger partial charge in [-0.1, -0.05) is 6.42 Å². The highest BCUT2D eigenvalue weighted by Gasteiger charge is 2.31. The van der Waals surface area contributed by atoms with E-state index >= 15 is 0 Å². The summed E-state index contributed by atoms with van der Waals surface area (Å²) in [4.78, 5) is 31.3. The SMILES string of the molecule is C[C@@H]1CN(c2ccn3ncc(C(=O)Nc4cn(C5CCCC(C(=O)O)C5)nc4C(F)F)c3n2)C[C@H](C)O1. The molecule has 0 aromatic carbocycles. The predicted molar refractivity (Wildman–Crippen MR) is 129 cm³/mol. The van der Waals surface area contributed by atoms with E-state index in [4.69, 9.17) is 4.74 Å². The highest BCUT2D eigenvalue weighted by atomic mass is 19.3. The number of aliphatic carboxylic acids is 1. The van der Waals surface area contributed by atoms with Crippen LogP contribution in [0.3, 0.4) is 0 Å². The number of fused-ring (bicyclic) bond motifs is 1. The van der Waals surface area contributed by atoms with Gasteiger partial charge in [-0.2, -0.15) is 10.2 Å². The third-order valence-electron chi connectivity index (χ3n) is 6.93. The maximum atomic E-state index is 13.8. The lowest BCUT2D eigenvalue weighted by Gasteiger charge is -2.36. The fourth-order valence-corrected chi connectivity index (χ4v) is 5.23. The van der Waals surface area contributed by atoms with Gasteiger partial charge in [0.1, 0.15) is 11.4 Å². The predicted octanol–water partition coefficient (Wildman–Crippen LogP) is 3.55. The van der Waals surface area contributed by atoms with E-state index in [0.717, 1.165) is 0 Å². The number of aromatic nitrogens is 5. The van der Waals surface area contributed by atoms with Crippen LogP contribution in [-0.2, 0) is 9.53 Å². The molecular formula is C24H29F2N7O4. The van der Waals surface area contributed by atoms with Gasteiger partial charge in [-0.25, -0.2) is 18.3 Å². The minimum Gasteiger partial charge on any atom is -0.481 e. The number of morpholine rings is 1. The van der Waals surface area contributed by atoms with Crippen molar-refractivity contribution in [2.45, 2.75) is 64.2 Å². The smallest absolute Gasteiger partial charge is 0.306 e. The number of carboxylic acids is 1. The van der Waals surface area contributed by atoms with Gasteiger partial charge in [0, 0.05) is 25.5 Å². The number of halogens is 2. The van der Waals surface area contributed by atoms with Gasteiger partial charge in [0.05, 0.1) is 36.1 Å². The van der Waals surface area contributed by atoms with Crippen molar-refractivity contribution in [1.29, 1.82) is 0 Å². The number of ether oxygens (including phenoxy) is 1. The summed E-state index contributed by atoms with van der Waals surface area (Å²) in [7, 11) is 0. The lowest BCUT2D eigenvalue weighted by atomic mass is 9.86. The molecule has 198 valence electrons. The summed E-state index contributed by atoms with van der Waals surface area (Å²) in [5, 5.41) is 20.1. The van der Waals surface area contributed by atoms with Crippen molar-refractivity contribution >= 4 is 29.0 Å². The molecule has 13 heteroatoms. The van der Waals surface area contributed by atoms with E-state index in [-0.39, 0.29) is 29.5 Å². The van der Waals surface area contributed by atoms with Crippen LogP contribution >= 0.6 is 0 Å². The minimum absolute atomic E-state index is 0.0219. The summed E-state index contributed by atoms with van der Waals surface area (Å²) in [6.07, 6.45) is 3.65. The van der Waals surface area contributed by atoms with Crippen LogP contribution in [0.15, 0.2) is 24.7 Å². The van der Waals surface area contributed by atoms with Crippen molar-refractivity contribution in [2.75, 3.05) is 23.3 Å². The van der Waals surface area contributed by atoms with Crippen molar-refractivity contribution in [3.63, 3.8) is 0 Å². The molecule has 37 heavy (non-hydrogen) atoms. The zero-order valence-corrected chi connectivity index (χ0v) is 20.5. The molecule has 4 atom stereocenters. The maximum absolute atomic E-state index is 13.8. The molecule has 4 heterocycles. The van der Waals surface area contributed by atoms with Crippen LogP contribution in [0.4, 0.5) is 20.3 Å². The first-order valence-corrected chi connectivity index (χ1v) is 12.4. The first-order valence-electron chi connectivity index (χ1n) is 12.4. The Morgan fingerprint density at radius 2 is 1.97 bits per heavy atom. The Kier molecular flexibility index (Phi) is 6.80. The average molecular weight is 518 g/mol. The molecule has 0 spiro atoms. The van der Waals surface area contributed by atoms with E-state index in [9.17, 15) is 23.5 Å². The second-order valence-corrected chi connectivity index (χ2v) is 9.79. The molecule has 1 aliphatic carbocycles. The molecule has 3 aromatic heterocycles. The van der Waals surface area contributed by atoms with Crippen LogP contribution in [0.2, 0.25) is 0 Å². The van der Waals surface area contributed by atoms with Crippen molar-refractivity contribution in [2.24, 2.45) is 5.92 Å². The lowest BCUT2D eigenvalue weighted by Crippen LogP contribution is -2.45. The highest BCUT2D eigenvalue weighted by Crippen LogP contribution is 2.35. The monoisotopic (exact) mass is 517 g/mol.